The third-order valence-electron chi connectivity index (χ3n) is 4.24. The van der Waals surface area contributed by atoms with Crippen molar-refractivity contribution in [3.05, 3.63) is 65.7 Å². The van der Waals surface area contributed by atoms with Crippen molar-refractivity contribution >= 4 is 17.7 Å². The molecule has 0 radical (unpaired) electrons. The van der Waals surface area contributed by atoms with Gasteiger partial charge in [0.25, 0.3) is 0 Å². The zero-order chi connectivity index (χ0) is 19.4. The molecule has 6 nitrogen and oxygen atoms in total. The SMILES string of the molecule is CC(C)c1ccc(-n2nnnc2S[C@@H](C(=O)N(C)C)c2ccccc2)cc1. The Hall–Kier alpha value is -2.67. The Morgan fingerprint density at radius 1 is 1.00 bits per heavy atom. The van der Waals surface area contributed by atoms with Gasteiger partial charge in [-0.25, -0.2) is 0 Å². The Morgan fingerprint density at radius 3 is 2.26 bits per heavy atom. The van der Waals surface area contributed by atoms with Crippen molar-refractivity contribution in [2.24, 2.45) is 0 Å². The number of likely N-dealkylation sites (N-methyl/N-ethyl adjacent to an activating group) is 1. The topological polar surface area (TPSA) is 63.9 Å². The van der Waals surface area contributed by atoms with Gasteiger partial charge in [0.05, 0.1) is 5.69 Å². The molecule has 0 fully saturated rings. The Labute approximate surface area is 163 Å². The quantitative estimate of drug-likeness (QED) is 0.609. The van der Waals surface area contributed by atoms with Gasteiger partial charge in [0, 0.05) is 14.1 Å². The highest BCUT2D eigenvalue weighted by Gasteiger charge is 2.26. The number of amides is 1. The van der Waals surface area contributed by atoms with Crippen molar-refractivity contribution in [1.29, 1.82) is 0 Å². The van der Waals surface area contributed by atoms with Crippen LogP contribution < -0.4 is 0 Å². The van der Waals surface area contributed by atoms with E-state index in [1.807, 2.05) is 42.5 Å². The third-order valence-corrected chi connectivity index (χ3v) is 5.41. The van der Waals surface area contributed by atoms with Gasteiger partial charge in [0.15, 0.2) is 0 Å². The van der Waals surface area contributed by atoms with Gasteiger partial charge in [0.2, 0.25) is 11.1 Å². The molecule has 0 aliphatic carbocycles. The molecule has 0 aliphatic heterocycles. The number of thioether (sulfide) groups is 1. The standard InChI is InChI=1S/C20H23N5OS/c1-14(2)15-10-12-17(13-11-15)25-20(21-22-23-25)27-18(19(26)24(3)4)16-8-6-5-7-9-16/h5-14,18H,1-4H3/t18-/m1/s1. The number of carbonyl (C=O) groups is 1. The number of nitrogens with zero attached hydrogens (tertiary/aromatic N) is 5. The van der Waals surface area contributed by atoms with Crippen LogP contribution in [0.15, 0.2) is 59.8 Å². The average molecular weight is 382 g/mol. The Kier molecular flexibility index (Phi) is 5.91. The minimum absolute atomic E-state index is 0.00379. The molecule has 7 heteroatoms. The van der Waals surface area contributed by atoms with E-state index < -0.39 is 5.25 Å². The third kappa shape index (κ3) is 4.36. The molecule has 0 N–H and O–H groups in total. The molecule has 3 aromatic rings. The monoisotopic (exact) mass is 381 g/mol. The summed E-state index contributed by atoms with van der Waals surface area (Å²) in [6.07, 6.45) is 0. The number of carbonyl (C=O) groups excluding carboxylic acids is 1. The first-order valence-corrected chi connectivity index (χ1v) is 9.67. The molecule has 1 amide bonds. The molecule has 0 saturated heterocycles. The molecule has 1 aromatic heterocycles. The van der Waals surface area contributed by atoms with Crippen LogP contribution in [0.4, 0.5) is 0 Å². The zero-order valence-electron chi connectivity index (χ0n) is 15.9. The van der Waals surface area contributed by atoms with Crippen molar-refractivity contribution in [2.75, 3.05) is 14.1 Å². The van der Waals surface area contributed by atoms with Crippen LogP contribution in [0.25, 0.3) is 5.69 Å². The molecule has 1 heterocycles. The lowest BCUT2D eigenvalue weighted by molar-refractivity contribution is -0.128. The number of rotatable bonds is 6. The van der Waals surface area contributed by atoms with Crippen molar-refractivity contribution in [2.45, 2.75) is 30.2 Å². The molecule has 27 heavy (non-hydrogen) atoms. The van der Waals surface area contributed by atoms with E-state index in [1.54, 1.807) is 23.7 Å². The predicted octanol–water partition coefficient (Wildman–Crippen LogP) is 3.71. The van der Waals surface area contributed by atoms with Gasteiger partial charge in [-0.05, 0) is 39.6 Å². The second-order valence-electron chi connectivity index (χ2n) is 6.76. The summed E-state index contributed by atoms with van der Waals surface area (Å²) in [6.45, 7) is 4.31. The molecule has 3 rings (SSSR count). The number of aromatic nitrogens is 4. The molecule has 140 valence electrons. The highest BCUT2D eigenvalue weighted by molar-refractivity contribution is 8.00. The molecule has 0 aliphatic rings. The maximum atomic E-state index is 12.8. The summed E-state index contributed by atoms with van der Waals surface area (Å²) in [5.74, 6) is 0.456. The largest absolute Gasteiger partial charge is 0.348 e. The Balaban J connectivity index is 1.92. The smallest absolute Gasteiger partial charge is 0.240 e. The maximum Gasteiger partial charge on any atom is 0.240 e. The highest BCUT2D eigenvalue weighted by Crippen LogP contribution is 2.35. The molecule has 0 unspecified atom stereocenters. The fourth-order valence-corrected chi connectivity index (χ4v) is 3.78. The minimum atomic E-state index is -0.416. The van der Waals surface area contributed by atoms with Gasteiger partial charge in [0.1, 0.15) is 5.25 Å². The van der Waals surface area contributed by atoms with Gasteiger partial charge in [-0.3, -0.25) is 4.79 Å². The first-order valence-electron chi connectivity index (χ1n) is 8.79. The highest BCUT2D eigenvalue weighted by atomic mass is 32.2. The lowest BCUT2D eigenvalue weighted by Gasteiger charge is -2.20. The van der Waals surface area contributed by atoms with Gasteiger partial charge in [-0.1, -0.05) is 68.1 Å². The Morgan fingerprint density at radius 2 is 1.67 bits per heavy atom. The van der Waals surface area contributed by atoms with E-state index in [9.17, 15) is 4.79 Å². The van der Waals surface area contributed by atoms with E-state index in [0.717, 1.165) is 11.3 Å². The van der Waals surface area contributed by atoms with Crippen LogP contribution in [-0.2, 0) is 4.79 Å². The Bertz CT molecular complexity index is 890. The number of hydrogen-bond acceptors (Lipinski definition) is 5. The first-order chi connectivity index (χ1) is 13.0. The van der Waals surface area contributed by atoms with Crippen LogP contribution in [0.2, 0.25) is 0 Å². The molecule has 1 atom stereocenters. The average Bonchev–Trinajstić information content (AvgIpc) is 3.14. The minimum Gasteiger partial charge on any atom is -0.348 e. The summed E-state index contributed by atoms with van der Waals surface area (Å²) in [5, 5.41) is 12.3. The maximum absolute atomic E-state index is 12.8. The molecule has 2 aromatic carbocycles. The van der Waals surface area contributed by atoms with Crippen LogP contribution in [0.3, 0.4) is 0 Å². The predicted molar refractivity (Wildman–Crippen MR) is 107 cm³/mol. The van der Waals surface area contributed by atoms with E-state index in [2.05, 4.69) is 41.5 Å². The number of benzene rings is 2. The van der Waals surface area contributed by atoms with Crippen LogP contribution in [0, 0.1) is 0 Å². The number of tetrazole rings is 1. The molecular formula is C20H23N5OS. The fraction of sp³-hybridized carbons (Fsp3) is 0.300. The molecule has 0 saturated carbocycles. The lowest BCUT2D eigenvalue weighted by Crippen LogP contribution is -2.27. The fourth-order valence-electron chi connectivity index (χ4n) is 2.64. The van der Waals surface area contributed by atoms with Crippen molar-refractivity contribution in [3.63, 3.8) is 0 Å². The second-order valence-corrected chi connectivity index (χ2v) is 7.83. The summed E-state index contributed by atoms with van der Waals surface area (Å²) in [6, 6.07) is 17.9. The van der Waals surface area contributed by atoms with E-state index in [1.165, 1.54) is 17.3 Å². The van der Waals surface area contributed by atoms with Crippen molar-refractivity contribution in [1.82, 2.24) is 25.1 Å². The summed E-state index contributed by atoms with van der Waals surface area (Å²) >= 11 is 1.35. The summed E-state index contributed by atoms with van der Waals surface area (Å²) in [4.78, 5) is 14.4. The van der Waals surface area contributed by atoms with Gasteiger partial charge in [-0.15, -0.1) is 5.10 Å². The summed E-state index contributed by atoms with van der Waals surface area (Å²) in [5.41, 5.74) is 3.05. The summed E-state index contributed by atoms with van der Waals surface area (Å²) in [7, 11) is 3.51. The molecule has 0 bridgehead atoms. The van der Waals surface area contributed by atoms with E-state index in [-0.39, 0.29) is 5.91 Å². The summed E-state index contributed by atoms with van der Waals surface area (Å²) < 4.78 is 1.67. The van der Waals surface area contributed by atoms with Gasteiger partial charge < -0.3 is 4.90 Å². The normalized spacial score (nSPS) is 12.2. The molecule has 0 spiro atoms. The second kappa shape index (κ2) is 8.35. The lowest BCUT2D eigenvalue weighted by atomic mass is 10.0. The van der Waals surface area contributed by atoms with Gasteiger partial charge >= 0.3 is 0 Å². The molecular weight excluding hydrogens is 358 g/mol. The van der Waals surface area contributed by atoms with Crippen LogP contribution in [0.5, 0.6) is 0 Å². The van der Waals surface area contributed by atoms with E-state index >= 15 is 0 Å². The van der Waals surface area contributed by atoms with E-state index in [0.29, 0.717) is 11.1 Å². The zero-order valence-corrected chi connectivity index (χ0v) is 16.7. The van der Waals surface area contributed by atoms with Crippen LogP contribution in [0.1, 0.15) is 36.1 Å². The van der Waals surface area contributed by atoms with Gasteiger partial charge in [-0.2, -0.15) is 4.68 Å². The van der Waals surface area contributed by atoms with E-state index in [4.69, 9.17) is 0 Å². The number of hydrogen-bond donors (Lipinski definition) is 0. The van der Waals surface area contributed by atoms with Crippen molar-refractivity contribution < 1.29 is 4.79 Å². The van der Waals surface area contributed by atoms with Crippen molar-refractivity contribution in [3.8, 4) is 5.69 Å². The first kappa shape index (κ1) is 19.1. The van der Waals surface area contributed by atoms with Crippen LogP contribution >= 0.6 is 11.8 Å². The van der Waals surface area contributed by atoms with Crippen LogP contribution in [-0.4, -0.2) is 45.1 Å².